The molecule has 0 fully saturated rings. The number of ether oxygens (including phenoxy) is 1. The Morgan fingerprint density at radius 1 is 1.20 bits per heavy atom. The highest BCUT2D eigenvalue weighted by Gasteiger charge is 2.09. The second-order valence-electron chi connectivity index (χ2n) is 2.97. The number of nitrogens with zero attached hydrogens (tertiary/aromatic N) is 1. The first kappa shape index (κ1) is 10.3. The summed E-state index contributed by atoms with van der Waals surface area (Å²) >= 11 is 11.8. The summed E-state index contributed by atoms with van der Waals surface area (Å²) in [5.74, 6) is 0.660. The third-order valence-corrected chi connectivity index (χ3v) is 2.41. The van der Waals surface area contributed by atoms with Crippen LogP contribution in [-0.2, 0) is 0 Å². The third kappa shape index (κ3) is 2.08. The van der Waals surface area contributed by atoms with Crippen molar-refractivity contribution < 1.29 is 4.74 Å². The molecule has 0 radical (unpaired) electrons. The summed E-state index contributed by atoms with van der Waals surface area (Å²) in [5, 5.41) is 7.88. The number of methoxy groups -OCH3 is 1. The smallest absolute Gasteiger partial charge is 0.164 e. The Kier molecular flexibility index (Phi) is 2.84. The maximum Gasteiger partial charge on any atom is 0.164 e. The highest BCUT2D eigenvalue weighted by Crippen LogP contribution is 2.31. The highest BCUT2D eigenvalue weighted by atomic mass is 35.5. The van der Waals surface area contributed by atoms with Gasteiger partial charge in [-0.1, -0.05) is 23.2 Å². The van der Waals surface area contributed by atoms with Gasteiger partial charge in [0, 0.05) is 15.6 Å². The lowest BCUT2D eigenvalue weighted by Crippen LogP contribution is -1.85. The molecule has 2 aromatic rings. The van der Waals surface area contributed by atoms with Crippen LogP contribution in [0.4, 0.5) is 0 Å². The fourth-order valence-corrected chi connectivity index (χ4v) is 1.86. The lowest BCUT2D eigenvalue weighted by Gasteiger charge is -2.03. The molecule has 1 N–H and O–H groups in total. The Bertz CT molecular complexity index is 462. The van der Waals surface area contributed by atoms with Gasteiger partial charge in [-0.15, -0.1) is 0 Å². The van der Waals surface area contributed by atoms with E-state index in [0.29, 0.717) is 15.8 Å². The topological polar surface area (TPSA) is 37.9 Å². The summed E-state index contributed by atoms with van der Waals surface area (Å²) in [6, 6.07) is 5.27. The maximum atomic E-state index is 5.90. The number of H-pyrrole nitrogens is 1. The van der Waals surface area contributed by atoms with Crippen molar-refractivity contribution in [1.29, 1.82) is 0 Å². The molecule has 2 rings (SSSR count). The highest BCUT2D eigenvalue weighted by molar-refractivity contribution is 6.35. The first-order valence-corrected chi connectivity index (χ1v) is 5.00. The zero-order valence-electron chi connectivity index (χ0n) is 7.92. The van der Waals surface area contributed by atoms with Gasteiger partial charge >= 0.3 is 0 Å². The van der Waals surface area contributed by atoms with Crippen LogP contribution in [0.5, 0.6) is 5.75 Å². The van der Waals surface area contributed by atoms with Crippen molar-refractivity contribution in [3.8, 4) is 17.0 Å². The molecular formula is C10H8Cl2N2O. The van der Waals surface area contributed by atoms with Gasteiger partial charge in [-0.2, -0.15) is 5.10 Å². The first-order valence-electron chi connectivity index (χ1n) is 4.24. The molecule has 78 valence electrons. The molecular weight excluding hydrogens is 235 g/mol. The number of rotatable bonds is 2. The third-order valence-electron chi connectivity index (χ3n) is 1.98. The van der Waals surface area contributed by atoms with Crippen LogP contribution in [-0.4, -0.2) is 17.3 Å². The summed E-state index contributed by atoms with van der Waals surface area (Å²) in [4.78, 5) is 0. The molecule has 0 amide bonds. The number of aromatic amines is 1. The fourth-order valence-electron chi connectivity index (χ4n) is 1.33. The van der Waals surface area contributed by atoms with Crippen molar-refractivity contribution in [1.82, 2.24) is 10.2 Å². The molecule has 3 nitrogen and oxygen atoms in total. The number of aromatic nitrogens is 2. The predicted octanol–water partition coefficient (Wildman–Crippen LogP) is 3.39. The number of hydrogen-bond donors (Lipinski definition) is 1. The van der Waals surface area contributed by atoms with E-state index in [1.165, 1.54) is 0 Å². The Balaban J connectivity index is 2.53. The van der Waals surface area contributed by atoms with E-state index in [0.717, 1.165) is 11.3 Å². The molecule has 0 spiro atoms. The number of benzene rings is 1. The summed E-state index contributed by atoms with van der Waals surface area (Å²) in [6.07, 6.45) is 1.60. The monoisotopic (exact) mass is 242 g/mol. The van der Waals surface area contributed by atoms with Crippen LogP contribution < -0.4 is 4.74 Å². The largest absolute Gasteiger partial charge is 0.493 e. The predicted molar refractivity (Wildman–Crippen MR) is 60.6 cm³/mol. The second-order valence-corrected chi connectivity index (χ2v) is 3.84. The van der Waals surface area contributed by atoms with E-state index < -0.39 is 0 Å². The minimum atomic E-state index is 0.578. The Morgan fingerprint density at radius 2 is 1.87 bits per heavy atom. The average Bonchev–Trinajstić information content (AvgIpc) is 2.63. The molecule has 0 aliphatic rings. The Morgan fingerprint density at radius 3 is 2.47 bits per heavy atom. The lowest BCUT2D eigenvalue weighted by atomic mass is 10.1. The number of nitrogens with one attached hydrogen (secondary N) is 1. The van der Waals surface area contributed by atoms with E-state index in [2.05, 4.69) is 10.2 Å². The quantitative estimate of drug-likeness (QED) is 0.877. The van der Waals surface area contributed by atoms with Crippen LogP contribution in [0.15, 0.2) is 24.4 Å². The van der Waals surface area contributed by atoms with Gasteiger partial charge in [0.1, 0.15) is 5.69 Å². The Labute approximate surface area is 97.0 Å². The SMILES string of the molecule is COc1cn[nH]c1-c1cc(Cl)cc(Cl)c1. The van der Waals surface area contributed by atoms with Gasteiger partial charge in [-0.25, -0.2) is 0 Å². The van der Waals surface area contributed by atoms with E-state index in [9.17, 15) is 0 Å². The van der Waals surface area contributed by atoms with Crippen molar-refractivity contribution in [2.24, 2.45) is 0 Å². The van der Waals surface area contributed by atoms with Gasteiger partial charge in [0.25, 0.3) is 0 Å². The molecule has 1 aromatic heterocycles. The van der Waals surface area contributed by atoms with Crippen molar-refractivity contribution in [3.05, 3.63) is 34.4 Å². The van der Waals surface area contributed by atoms with Crippen LogP contribution in [0.2, 0.25) is 10.0 Å². The minimum Gasteiger partial charge on any atom is -0.493 e. The molecule has 0 aliphatic heterocycles. The maximum absolute atomic E-state index is 5.90. The molecule has 1 heterocycles. The number of halogens is 2. The van der Waals surface area contributed by atoms with E-state index in [1.54, 1.807) is 31.5 Å². The van der Waals surface area contributed by atoms with Crippen LogP contribution in [0.1, 0.15) is 0 Å². The van der Waals surface area contributed by atoms with Gasteiger partial charge in [0.15, 0.2) is 5.75 Å². The fraction of sp³-hybridized carbons (Fsp3) is 0.100. The molecule has 1 aromatic carbocycles. The molecule has 15 heavy (non-hydrogen) atoms. The van der Waals surface area contributed by atoms with E-state index in [1.807, 2.05) is 0 Å². The normalized spacial score (nSPS) is 10.3. The average molecular weight is 243 g/mol. The zero-order chi connectivity index (χ0) is 10.8. The van der Waals surface area contributed by atoms with Crippen LogP contribution in [0, 0.1) is 0 Å². The summed E-state index contributed by atoms with van der Waals surface area (Å²) in [5.41, 5.74) is 1.61. The van der Waals surface area contributed by atoms with Crippen molar-refractivity contribution in [2.45, 2.75) is 0 Å². The van der Waals surface area contributed by atoms with Gasteiger partial charge in [-0.3, -0.25) is 5.10 Å². The van der Waals surface area contributed by atoms with E-state index in [4.69, 9.17) is 27.9 Å². The van der Waals surface area contributed by atoms with Crippen LogP contribution in [0.25, 0.3) is 11.3 Å². The minimum absolute atomic E-state index is 0.578. The van der Waals surface area contributed by atoms with Crippen molar-refractivity contribution in [2.75, 3.05) is 7.11 Å². The lowest BCUT2D eigenvalue weighted by molar-refractivity contribution is 0.416. The summed E-state index contributed by atoms with van der Waals surface area (Å²) < 4.78 is 5.14. The van der Waals surface area contributed by atoms with Crippen molar-refractivity contribution >= 4 is 23.2 Å². The molecule has 0 atom stereocenters. The van der Waals surface area contributed by atoms with Gasteiger partial charge < -0.3 is 4.74 Å². The Hall–Kier alpha value is -1.19. The molecule has 0 saturated heterocycles. The second kappa shape index (κ2) is 4.13. The van der Waals surface area contributed by atoms with E-state index >= 15 is 0 Å². The molecule has 0 bridgehead atoms. The first-order chi connectivity index (χ1) is 7.20. The molecule has 0 saturated carbocycles. The summed E-state index contributed by atoms with van der Waals surface area (Å²) in [6.45, 7) is 0. The van der Waals surface area contributed by atoms with Gasteiger partial charge in [0.05, 0.1) is 13.3 Å². The van der Waals surface area contributed by atoms with Crippen LogP contribution >= 0.6 is 23.2 Å². The molecule has 0 aliphatic carbocycles. The molecule has 5 heteroatoms. The summed E-state index contributed by atoms with van der Waals surface area (Å²) in [7, 11) is 1.58. The van der Waals surface area contributed by atoms with Crippen molar-refractivity contribution in [3.63, 3.8) is 0 Å². The standard InChI is InChI=1S/C10H8Cl2N2O/c1-15-9-5-13-14-10(9)6-2-7(11)4-8(12)3-6/h2-5H,1H3,(H,13,14). The van der Waals surface area contributed by atoms with Crippen LogP contribution in [0.3, 0.4) is 0 Å². The van der Waals surface area contributed by atoms with Gasteiger partial charge in [-0.05, 0) is 18.2 Å². The number of hydrogen-bond acceptors (Lipinski definition) is 2. The van der Waals surface area contributed by atoms with E-state index in [-0.39, 0.29) is 0 Å². The zero-order valence-corrected chi connectivity index (χ0v) is 9.43. The molecule has 0 unspecified atom stereocenters. The van der Waals surface area contributed by atoms with Gasteiger partial charge in [0.2, 0.25) is 0 Å².